The molecular formula is C20H30O. The Morgan fingerprint density at radius 1 is 1.24 bits per heavy atom. The van der Waals surface area contributed by atoms with E-state index in [9.17, 15) is 4.79 Å². The van der Waals surface area contributed by atoms with Crippen LogP contribution in [0, 0.1) is 35.5 Å². The summed E-state index contributed by atoms with van der Waals surface area (Å²) in [5, 5.41) is 0. The fraction of sp³-hybridized carbons (Fsp3) is 0.650. The van der Waals surface area contributed by atoms with E-state index in [0.29, 0.717) is 23.7 Å². The van der Waals surface area contributed by atoms with E-state index in [1.807, 2.05) is 0 Å². The van der Waals surface area contributed by atoms with Crippen LogP contribution in [0.1, 0.15) is 47.5 Å². The Balaban J connectivity index is 2.48. The van der Waals surface area contributed by atoms with Gasteiger partial charge in [-0.25, -0.2) is 0 Å². The minimum atomic E-state index is 0.471. The predicted octanol–water partition coefficient (Wildman–Crippen LogP) is 5.20. The minimum Gasteiger partial charge on any atom is -0.299 e. The summed E-state index contributed by atoms with van der Waals surface area (Å²) in [5.74, 6) is 3.80. The zero-order chi connectivity index (χ0) is 15.6. The fourth-order valence-electron chi connectivity index (χ4n) is 4.77. The third-order valence-electron chi connectivity index (χ3n) is 5.97. The van der Waals surface area contributed by atoms with Gasteiger partial charge >= 0.3 is 0 Å². The van der Waals surface area contributed by atoms with Crippen LogP contribution in [0.15, 0.2) is 35.5 Å². The summed E-state index contributed by atoms with van der Waals surface area (Å²) in [7, 11) is 0. The molecule has 2 aliphatic rings. The lowest BCUT2D eigenvalue weighted by molar-refractivity contribution is -0.104. The summed E-state index contributed by atoms with van der Waals surface area (Å²) in [6.07, 6.45) is 12.3. The average Bonchev–Trinajstić information content (AvgIpc) is 2.47. The van der Waals surface area contributed by atoms with Gasteiger partial charge in [0.15, 0.2) is 0 Å². The molecule has 1 fully saturated rings. The first-order chi connectivity index (χ1) is 10.0. The highest BCUT2D eigenvalue weighted by molar-refractivity contribution is 5.64. The lowest BCUT2D eigenvalue weighted by Crippen LogP contribution is -2.42. The van der Waals surface area contributed by atoms with Crippen LogP contribution >= 0.6 is 0 Å². The molecule has 0 saturated heterocycles. The maximum absolute atomic E-state index is 10.9. The minimum absolute atomic E-state index is 0.471. The van der Waals surface area contributed by atoms with E-state index < -0.39 is 0 Å². The molecule has 0 aromatic carbocycles. The first-order valence-corrected chi connectivity index (χ1v) is 8.44. The Morgan fingerprint density at radius 3 is 2.52 bits per heavy atom. The second-order valence-electron chi connectivity index (χ2n) is 7.21. The van der Waals surface area contributed by atoms with Gasteiger partial charge in [-0.2, -0.15) is 0 Å². The van der Waals surface area contributed by atoms with Crippen molar-refractivity contribution in [1.82, 2.24) is 0 Å². The molecule has 116 valence electrons. The summed E-state index contributed by atoms with van der Waals surface area (Å²) >= 11 is 0. The zero-order valence-electron chi connectivity index (χ0n) is 14.2. The van der Waals surface area contributed by atoms with Gasteiger partial charge in [0.05, 0.1) is 0 Å². The molecule has 2 aliphatic carbocycles. The average molecular weight is 286 g/mol. The molecule has 21 heavy (non-hydrogen) atoms. The number of carbonyl (C=O) groups is 1. The summed E-state index contributed by atoms with van der Waals surface area (Å²) in [5.41, 5.74) is 2.93. The van der Waals surface area contributed by atoms with Crippen molar-refractivity contribution in [3.8, 4) is 0 Å². The number of fused-ring (bicyclic) bond motifs is 1. The van der Waals surface area contributed by atoms with Crippen molar-refractivity contribution in [3.05, 3.63) is 35.5 Å². The number of aldehydes is 1. The van der Waals surface area contributed by atoms with Crippen molar-refractivity contribution < 1.29 is 4.79 Å². The highest BCUT2D eigenvalue weighted by Gasteiger charge is 2.44. The van der Waals surface area contributed by atoms with Crippen LogP contribution in [-0.2, 0) is 4.79 Å². The molecule has 0 aromatic heterocycles. The highest BCUT2D eigenvalue weighted by Crippen LogP contribution is 2.52. The summed E-state index contributed by atoms with van der Waals surface area (Å²) < 4.78 is 0. The van der Waals surface area contributed by atoms with Gasteiger partial charge in [0.1, 0.15) is 6.29 Å². The second kappa shape index (κ2) is 6.77. The first kappa shape index (κ1) is 16.3. The van der Waals surface area contributed by atoms with E-state index >= 15 is 0 Å². The van der Waals surface area contributed by atoms with Crippen molar-refractivity contribution >= 4 is 6.29 Å². The molecule has 0 unspecified atom stereocenters. The molecule has 1 saturated carbocycles. The monoisotopic (exact) mass is 286 g/mol. The topological polar surface area (TPSA) is 17.1 Å². The van der Waals surface area contributed by atoms with E-state index in [4.69, 9.17) is 0 Å². The molecule has 2 rings (SSSR count). The third kappa shape index (κ3) is 3.07. The van der Waals surface area contributed by atoms with Crippen LogP contribution < -0.4 is 0 Å². The molecule has 0 spiro atoms. The summed E-state index contributed by atoms with van der Waals surface area (Å²) in [6, 6.07) is 0. The van der Waals surface area contributed by atoms with Crippen LogP contribution in [0.25, 0.3) is 0 Å². The predicted molar refractivity (Wildman–Crippen MR) is 89.9 cm³/mol. The largest absolute Gasteiger partial charge is 0.299 e. The quantitative estimate of drug-likeness (QED) is 0.396. The number of allylic oxidation sites excluding steroid dienone is 6. The van der Waals surface area contributed by atoms with Gasteiger partial charge in [0.25, 0.3) is 0 Å². The number of hydrogen-bond donors (Lipinski definition) is 0. The maximum Gasteiger partial charge on any atom is 0.142 e. The Labute approximate surface area is 130 Å². The van der Waals surface area contributed by atoms with Gasteiger partial charge in [-0.15, -0.1) is 0 Å². The van der Waals surface area contributed by atoms with Crippen LogP contribution in [0.3, 0.4) is 0 Å². The molecule has 0 radical (unpaired) electrons. The molecule has 0 aromatic rings. The van der Waals surface area contributed by atoms with Crippen molar-refractivity contribution in [2.24, 2.45) is 35.5 Å². The molecule has 0 amide bonds. The van der Waals surface area contributed by atoms with Crippen LogP contribution in [0.5, 0.6) is 0 Å². The Morgan fingerprint density at radius 2 is 1.90 bits per heavy atom. The van der Waals surface area contributed by atoms with Gasteiger partial charge in [-0.3, -0.25) is 4.79 Å². The second-order valence-corrected chi connectivity index (χ2v) is 7.21. The number of hydrogen-bond acceptors (Lipinski definition) is 1. The molecule has 6 atom stereocenters. The van der Waals surface area contributed by atoms with E-state index in [1.165, 1.54) is 24.0 Å². The Bertz CT molecular complexity index is 468. The molecule has 0 N–H and O–H groups in total. The summed E-state index contributed by atoms with van der Waals surface area (Å²) in [4.78, 5) is 10.9. The smallest absolute Gasteiger partial charge is 0.142 e. The zero-order valence-corrected chi connectivity index (χ0v) is 14.2. The Kier molecular flexibility index (Phi) is 5.24. The molecular weight excluding hydrogens is 256 g/mol. The lowest BCUT2D eigenvalue weighted by Gasteiger charge is -2.49. The van der Waals surface area contributed by atoms with E-state index in [-0.39, 0.29) is 0 Å². The van der Waals surface area contributed by atoms with Crippen LogP contribution in [-0.4, -0.2) is 6.29 Å². The lowest BCUT2D eigenvalue weighted by atomic mass is 9.55. The van der Waals surface area contributed by atoms with Crippen molar-refractivity contribution in [3.63, 3.8) is 0 Å². The molecule has 1 heteroatoms. The number of rotatable bonds is 3. The van der Waals surface area contributed by atoms with Crippen LogP contribution in [0.4, 0.5) is 0 Å². The van der Waals surface area contributed by atoms with Gasteiger partial charge in [-0.1, -0.05) is 49.6 Å². The first-order valence-electron chi connectivity index (χ1n) is 8.44. The van der Waals surface area contributed by atoms with E-state index in [0.717, 1.165) is 18.1 Å². The standard InChI is InChI=1S/C20H30O/c1-6-13(2)19-16(5)12-18-14(3)9-10-15(4)20(18)17(19)8-7-11-21/h6-8,11-12,14-15,17-20H,9-10H2,1-5H3/b8-7+,13-6-/t14-,15-,17+,18-,19+,20-/m0/s1. The van der Waals surface area contributed by atoms with Crippen molar-refractivity contribution in [1.29, 1.82) is 0 Å². The van der Waals surface area contributed by atoms with E-state index in [2.05, 4.69) is 52.8 Å². The van der Waals surface area contributed by atoms with Gasteiger partial charge in [-0.05, 0) is 62.9 Å². The number of carbonyl (C=O) groups excluding carboxylic acids is 1. The molecule has 0 heterocycles. The SMILES string of the molecule is C/C=C(/C)[C@@H]1C(C)=C[C@@H]2[C@H]([C@@H]1/C=C/C=O)[C@@H](C)CC[C@@H]2C. The van der Waals surface area contributed by atoms with Gasteiger partial charge in [0, 0.05) is 5.92 Å². The van der Waals surface area contributed by atoms with Crippen molar-refractivity contribution in [2.75, 3.05) is 0 Å². The highest BCUT2D eigenvalue weighted by atomic mass is 16.1. The van der Waals surface area contributed by atoms with Gasteiger partial charge < -0.3 is 0 Å². The molecule has 0 aliphatic heterocycles. The third-order valence-corrected chi connectivity index (χ3v) is 5.97. The van der Waals surface area contributed by atoms with E-state index in [1.54, 1.807) is 6.08 Å². The maximum atomic E-state index is 10.9. The molecule has 0 bridgehead atoms. The van der Waals surface area contributed by atoms with Gasteiger partial charge in [0.2, 0.25) is 0 Å². The molecule has 1 nitrogen and oxygen atoms in total. The Hall–Kier alpha value is -1.11. The fourth-order valence-corrected chi connectivity index (χ4v) is 4.77. The normalized spacial score (nSPS) is 40.8. The van der Waals surface area contributed by atoms with Crippen LogP contribution in [0.2, 0.25) is 0 Å². The summed E-state index contributed by atoms with van der Waals surface area (Å²) in [6.45, 7) is 11.4. The van der Waals surface area contributed by atoms with Crippen molar-refractivity contribution in [2.45, 2.75) is 47.5 Å².